The van der Waals surface area contributed by atoms with E-state index in [1.54, 1.807) is 30.1 Å². The first-order chi connectivity index (χ1) is 9.06. The van der Waals surface area contributed by atoms with Gasteiger partial charge in [0, 0.05) is 18.6 Å². The van der Waals surface area contributed by atoms with Crippen molar-refractivity contribution in [3.05, 3.63) is 28.5 Å². The van der Waals surface area contributed by atoms with Gasteiger partial charge in [-0.3, -0.25) is 4.68 Å². The van der Waals surface area contributed by atoms with Gasteiger partial charge in [0.05, 0.1) is 5.69 Å². The zero-order valence-electron chi connectivity index (χ0n) is 9.66. The molecule has 0 atom stereocenters. The number of carboxylic acid groups (broad SMARTS) is 1. The van der Waals surface area contributed by atoms with E-state index >= 15 is 0 Å². The molecule has 8 heteroatoms. The normalized spacial score (nSPS) is 11.1. The van der Waals surface area contributed by atoms with Crippen molar-refractivity contribution in [2.45, 2.75) is 0 Å². The third-order valence-corrected chi connectivity index (χ3v) is 3.83. The van der Waals surface area contributed by atoms with Crippen LogP contribution in [0.25, 0.3) is 21.6 Å². The van der Waals surface area contributed by atoms with E-state index in [1.165, 1.54) is 0 Å². The first kappa shape index (κ1) is 12.1. The molecule has 19 heavy (non-hydrogen) atoms. The molecule has 0 fully saturated rings. The van der Waals surface area contributed by atoms with Crippen LogP contribution >= 0.6 is 22.9 Å². The van der Waals surface area contributed by atoms with Gasteiger partial charge in [-0.2, -0.15) is 5.10 Å². The highest BCUT2D eigenvalue weighted by Crippen LogP contribution is 2.32. The van der Waals surface area contributed by atoms with Crippen molar-refractivity contribution in [2.75, 3.05) is 0 Å². The van der Waals surface area contributed by atoms with Crippen molar-refractivity contribution >= 4 is 39.1 Å². The summed E-state index contributed by atoms with van der Waals surface area (Å²) in [6, 6.07) is 3.34. The van der Waals surface area contributed by atoms with Gasteiger partial charge in [0.1, 0.15) is 15.4 Å². The highest BCUT2D eigenvalue weighted by atomic mass is 35.5. The van der Waals surface area contributed by atoms with Crippen molar-refractivity contribution in [3.8, 4) is 11.4 Å². The zero-order valence-corrected chi connectivity index (χ0v) is 11.2. The van der Waals surface area contributed by atoms with Gasteiger partial charge in [-0.15, -0.1) is 11.3 Å². The molecule has 0 radical (unpaired) electrons. The molecule has 0 amide bonds. The van der Waals surface area contributed by atoms with E-state index in [4.69, 9.17) is 16.7 Å². The quantitative estimate of drug-likeness (QED) is 0.734. The monoisotopic (exact) mass is 294 g/mol. The number of aromatic carboxylic acids is 1. The molecule has 0 aliphatic rings. The van der Waals surface area contributed by atoms with Crippen LogP contribution in [0.15, 0.2) is 18.3 Å². The lowest BCUT2D eigenvalue weighted by atomic mass is 10.2. The van der Waals surface area contributed by atoms with Gasteiger partial charge in [-0.25, -0.2) is 14.8 Å². The molecule has 96 valence electrons. The Labute approximate surface area is 116 Å². The highest BCUT2D eigenvalue weighted by Gasteiger charge is 2.17. The lowest BCUT2D eigenvalue weighted by molar-refractivity contribution is 0.0702. The number of carboxylic acids is 1. The van der Waals surface area contributed by atoms with Crippen LogP contribution in [0, 0.1) is 0 Å². The van der Waals surface area contributed by atoms with Crippen LogP contribution < -0.4 is 0 Å². The van der Waals surface area contributed by atoms with Gasteiger partial charge in [-0.05, 0) is 23.7 Å². The molecule has 3 rings (SSSR count). The molecule has 3 aromatic rings. The Balaban J connectivity index is 2.35. The Bertz CT molecular complexity index is 795. The van der Waals surface area contributed by atoms with E-state index in [9.17, 15) is 4.79 Å². The van der Waals surface area contributed by atoms with Gasteiger partial charge in [-0.1, -0.05) is 0 Å². The van der Waals surface area contributed by atoms with Crippen LogP contribution in [-0.2, 0) is 7.05 Å². The molecule has 6 nitrogen and oxygen atoms in total. The second kappa shape index (κ2) is 4.29. The van der Waals surface area contributed by atoms with Gasteiger partial charge in [0.25, 0.3) is 0 Å². The minimum atomic E-state index is -0.991. The maximum absolute atomic E-state index is 11.0. The molecule has 0 saturated carbocycles. The van der Waals surface area contributed by atoms with Crippen molar-refractivity contribution in [3.63, 3.8) is 0 Å². The minimum absolute atomic E-state index is 0.0856. The third-order valence-electron chi connectivity index (χ3n) is 2.64. The van der Waals surface area contributed by atoms with Crippen LogP contribution in [0.3, 0.4) is 0 Å². The zero-order chi connectivity index (χ0) is 13.6. The topological polar surface area (TPSA) is 80.9 Å². The van der Waals surface area contributed by atoms with Gasteiger partial charge in [0.15, 0.2) is 0 Å². The lowest BCUT2D eigenvalue weighted by Crippen LogP contribution is -1.96. The van der Waals surface area contributed by atoms with Crippen molar-refractivity contribution < 1.29 is 9.90 Å². The van der Waals surface area contributed by atoms with E-state index in [-0.39, 0.29) is 10.2 Å². The Kier molecular flexibility index (Phi) is 2.72. The van der Waals surface area contributed by atoms with Gasteiger partial charge >= 0.3 is 5.97 Å². The van der Waals surface area contributed by atoms with Crippen molar-refractivity contribution in [2.24, 2.45) is 7.05 Å². The molecule has 3 aromatic heterocycles. The molecule has 0 aliphatic carbocycles. The number of carbonyl (C=O) groups is 1. The van der Waals surface area contributed by atoms with Crippen molar-refractivity contribution in [1.82, 2.24) is 19.7 Å². The molecular weight excluding hydrogens is 288 g/mol. The second-order valence-electron chi connectivity index (χ2n) is 3.82. The maximum Gasteiger partial charge on any atom is 0.345 e. The summed E-state index contributed by atoms with van der Waals surface area (Å²) in [5.74, 6) is -0.991. The summed E-state index contributed by atoms with van der Waals surface area (Å²) in [5, 5.41) is 13.9. The second-order valence-corrected chi connectivity index (χ2v) is 5.18. The number of hydrogen-bond donors (Lipinski definition) is 1. The minimum Gasteiger partial charge on any atom is -0.477 e. The molecule has 3 heterocycles. The van der Waals surface area contributed by atoms with Crippen LogP contribution in [0.4, 0.5) is 0 Å². The number of nitrogens with zero attached hydrogens (tertiary/aromatic N) is 4. The molecule has 1 N–H and O–H groups in total. The van der Waals surface area contributed by atoms with Crippen LogP contribution in [0.2, 0.25) is 5.28 Å². The van der Waals surface area contributed by atoms with E-state index in [0.29, 0.717) is 15.9 Å². The molecular formula is C11H7ClN4O2S. The lowest BCUT2D eigenvalue weighted by Gasteiger charge is -2.03. The molecule has 0 spiro atoms. The average Bonchev–Trinajstić information content (AvgIpc) is 2.93. The fraction of sp³-hybridized carbons (Fsp3) is 0.0909. The SMILES string of the molecule is Cn1nccc1-c1nc(Cl)nc2sc(C(=O)O)cc12. The predicted octanol–water partition coefficient (Wildman–Crippen LogP) is 2.44. The maximum atomic E-state index is 11.0. The number of fused-ring (bicyclic) bond motifs is 1. The first-order valence-corrected chi connectivity index (χ1v) is 6.44. The number of rotatable bonds is 2. The van der Waals surface area contributed by atoms with Gasteiger partial charge in [0.2, 0.25) is 5.28 Å². The molecule has 0 aliphatic heterocycles. The van der Waals surface area contributed by atoms with Crippen LogP contribution in [0.1, 0.15) is 9.67 Å². The summed E-state index contributed by atoms with van der Waals surface area (Å²) in [4.78, 5) is 20.0. The molecule has 0 aromatic carbocycles. The fourth-order valence-electron chi connectivity index (χ4n) is 1.80. The molecule has 0 bridgehead atoms. The van der Waals surface area contributed by atoms with E-state index in [1.807, 2.05) is 0 Å². The number of hydrogen-bond acceptors (Lipinski definition) is 5. The van der Waals surface area contributed by atoms with Crippen LogP contribution in [0.5, 0.6) is 0 Å². The number of thiophene rings is 1. The first-order valence-electron chi connectivity index (χ1n) is 5.25. The summed E-state index contributed by atoms with van der Waals surface area (Å²) in [7, 11) is 1.78. The van der Waals surface area contributed by atoms with E-state index in [2.05, 4.69) is 15.1 Å². The van der Waals surface area contributed by atoms with E-state index < -0.39 is 5.97 Å². The number of aryl methyl sites for hydroxylation is 1. The summed E-state index contributed by atoms with van der Waals surface area (Å²) in [6.07, 6.45) is 1.64. The summed E-state index contributed by atoms with van der Waals surface area (Å²) < 4.78 is 1.65. The Morgan fingerprint density at radius 2 is 2.26 bits per heavy atom. The predicted molar refractivity (Wildman–Crippen MR) is 71.6 cm³/mol. The summed E-state index contributed by atoms with van der Waals surface area (Å²) in [6.45, 7) is 0. The average molecular weight is 295 g/mol. The fourth-order valence-corrected chi connectivity index (χ4v) is 2.89. The largest absolute Gasteiger partial charge is 0.477 e. The summed E-state index contributed by atoms with van der Waals surface area (Å²) >= 11 is 6.96. The standard InChI is InChI=1S/C11H7ClN4O2S/c1-16-6(2-3-13-16)8-5-4-7(10(17)18)19-9(5)15-11(12)14-8/h2-4H,1H3,(H,17,18). The number of halogens is 1. The Morgan fingerprint density at radius 3 is 2.89 bits per heavy atom. The van der Waals surface area contributed by atoms with E-state index in [0.717, 1.165) is 17.0 Å². The van der Waals surface area contributed by atoms with Crippen molar-refractivity contribution in [1.29, 1.82) is 0 Å². The number of aromatic nitrogens is 4. The third kappa shape index (κ3) is 1.96. The highest BCUT2D eigenvalue weighted by molar-refractivity contribution is 7.20. The summed E-state index contributed by atoms with van der Waals surface area (Å²) in [5.41, 5.74) is 1.34. The Hall–Kier alpha value is -1.99. The van der Waals surface area contributed by atoms with Gasteiger partial charge < -0.3 is 5.11 Å². The molecule has 0 saturated heterocycles. The Morgan fingerprint density at radius 1 is 1.47 bits per heavy atom. The smallest absolute Gasteiger partial charge is 0.345 e. The van der Waals surface area contributed by atoms with Crippen LogP contribution in [-0.4, -0.2) is 30.8 Å². The molecule has 0 unspecified atom stereocenters.